The highest BCUT2D eigenvalue weighted by molar-refractivity contribution is 7.98. The van der Waals surface area contributed by atoms with Crippen molar-refractivity contribution in [2.45, 2.75) is 50.7 Å². The van der Waals surface area contributed by atoms with E-state index in [-0.39, 0.29) is 43.3 Å². The number of nitrogens with zero attached hydrogens (tertiary/aromatic N) is 4. The van der Waals surface area contributed by atoms with Gasteiger partial charge in [0.1, 0.15) is 18.0 Å². The molecule has 2 aliphatic heterocycles. The lowest BCUT2D eigenvalue weighted by atomic mass is 10.0. The predicted molar refractivity (Wildman–Crippen MR) is 146 cm³/mol. The van der Waals surface area contributed by atoms with E-state index in [1.54, 1.807) is 45.9 Å². The van der Waals surface area contributed by atoms with E-state index in [1.807, 2.05) is 23.1 Å². The van der Waals surface area contributed by atoms with Gasteiger partial charge >= 0.3 is 6.03 Å². The fourth-order valence-corrected chi connectivity index (χ4v) is 5.90. The zero-order valence-electron chi connectivity index (χ0n) is 22.0. The number of hydrazine groups is 1. The van der Waals surface area contributed by atoms with E-state index in [0.29, 0.717) is 13.0 Å². The quantitative estimate of drug-likeness (QED) is 0.465. The second-order valence-corrected chi connectivity index (χ2v) is 10.8. The van der Waals surface area contributed by atoms with Gasteiger partial charge in [-0.3, -0.25) is 9.59 Å². The third-order valence-corrected chi connectivity index (χ3v) is 7.96. The average molecular weight is 542 g/mol. The van der Waals surface area contributed by atoms with Crippen molar-refractivity contribution >= 4 is 29.6 Å². The first-order valence-electron chi connectivity index (χ1n) is 13.1. The number of hydrogen-bond acceptors (Lipinski definition) is 5. The smallest absolute Gasteiger partial charge is 0.334 e. The van der Waals surface area contributed by atoms with Gasteiger partial charge in [-0.25, -0.2) is 19.2 Å². The number of hydrogen-bond donors (Lipinski definition) is 1. The molecule has 0 unspecified atom stereocenters. The van der Waals surface area contributed by atoms with Gasteiger partial charge in [-0.15, -0.1) is 0 Å². The molecule has 4 rings (SSSR count). The highest BCUT2D eigenvalue weighted by Crippen LogP contribution is 2.28. The van der Waals surface area contributed by atoms with E-state index in [9.17, 15) is 18.8 Å². The molecule has 0 spiro atoms. The van der Waals surface area contributed by atoms with Gasteiger partial charge in [0.2, 0.25) is 11.8 Å². The number of benzene rings is 2. The van der Waals surface area contributed by atoms with Crippen LogP contribution >= 0.6 is 11.8 Å². The molecule has 0 aliphatic carbocycles. The summed E-state index contributed by atoms with van der Waals surface area (Å²) in [5, 5.41) is 6.08. The molecule has 2 aromatic carbocycles. The van der Waals surface area contributed by atoms with Crippen LogP contribution in [-0.2, 0) is 21.9 Å². The Labute approximate surface area is 228 Å². The molecule has 2 aromatic rings. The van der Waals surface area contributed by atoms with Crippen molar-refractivity contribution in [3.63, 3.8) is 0 Å². The van der Waals surface area contributed by atoms with Crippen LogP contribution in [0.25, 0.3) is 0 Å². The first-order valence-corrected chi connectivity index (χ1v) is 14.3. The Morgan fingerprint density at radius 1 is 1.08 bits per heavy atom. The zero-order chi connectivity index (χ0) is 27.1. The summed E-state index contributed by atoms with van der Waals surface area (Å²) >= 11 is 1.76. The lowest BCUT2D eigenvalue weighted by molar-refractivity contribution is -0.187. The highest BCUT2D eigenvalue weighted by atomic mass is 32.2. The van der Waals surface area contributed by atoms with Crippen molar-refractivity contribution in [1.29, 1.82) is 0 Å². The summed E-state index contributed by atoms with van der Waals surface area (Å²) in [7, 11) is 1.71. The topological polar surface area (TPSA) is 76.2 Å². The third kappa shape index (κ3) is 6.66. The minimum atomic E-state index is -0.590. The normalized spacial score (nSPS) is 20.0. The lowest BCUT2D eigenvalue weighted by Crippen LogP contribution is -2.76. The third-order valence-electron chi connectivity index (χ3n) is 6.95. The number of fused-ring (bicyclic) bond motifs is 1. The highest BCUT2D eigenvalue weighted by Gasteiger charge is 2.50. The van der Waals surface area contributed by atoms with Crippen molar-refractivity contribution in [2.75, 3.05) is 32.4 Å². The molecule has 8 nitrogen and oxygen atoms in total. The van der Waals surface area contributed by atoms with E-state index < -0.39 is 12.2 Å². The monoisotopic (exact) mass is 541 g/mol. The molecular weight excluding hydrogens is 505 g/mol. The number of amides is 4. The number of rotatable bonds is 10. The van der Waals surface area contributed by atoms with Crippen LogP contribution in [0.4, 0.5) is 9.18 Å². The molecule has 38 heavy (non-hydrogen) atoms. The molecule has 0 bridgehead atoms. The Morgan fingerprint density at radius 2 is 1.82 bits per heavy atom. The standard InChI is InChI=1S/C28H36FN5O3S/c1-3-4-10-24-27(36)32(15-16-38-20-22-8-6-5-7-9-22)18-25-33(24)26(35)19-31(2)34(25)28(37)30-17-21-11-13-23(29)14-12-21/h5-9,11-14,24-25H,3-4,10,15-20H2,1-2H3,(H,30,37)/t24-,25-/m0/s1. The maximum absolute atomic E-state index is 13.6. The van der Waals surface area contributed by atoms with Gasteiger partial charge in [0.25, 0.3) is 0 Å². The van der Waals surface area contributed by atoms with E-state index in [1.165, 1.54) is 17.7 Å². The maximum Gasteiger partial charge on any atom is 0.334 e. The Hall–Kier alpha value is -3.11. The second kappa shape index (κ2) is 13.1. The van der Waals surface area contributed by atoms with Crippen LogP contribution in [0.3, 0.4) is 0 Å². The molecule has 0 radical (unpaired) electrons. The molecule has 2 fully saturated rings. The minimum absolute atomic E-state index is 0.0172. The fraction of sp³-hybridized carbons (Fsp3) is 0.464. The predicted octanol–water partition coefficient (Wildman–Crippen LogP) is 3.69. The Bertz CT molecular complexity index is 1100. The first-order chi connectivity index (χ1) is 18.4. The number of thioether (sulfide) groups is 1. The van der Waals surface area contributed by atoms with Crippen LogP contribution in [-0.4, -0.2) is 82.3 Å². The zero-order valence-corrected chi connectivity index (χ0v) is 22.8. The van der Waals surface area contributed by atoms with Crippen molar-refractivity contribution in [3.05, 3.63) is 71.5 Å². The molecule has 2 saturated heterocycles. The summed E-state index contributed by atoms with van der Waals surface area (Å²) in [6, 6.07) is 15.2. The molecule has 2 atom stereocenters. The number of urea groups is 1. The van der Waals surface area contributed by atoms with Gasteiger partial charge in [-0.05, 0) is 29.7 Å². The van der Waals surface area contributed by atoms with E-state index in [2.05, 4.69) is 24.4 Å². The van der Waals surface area contributed by atoms with Gasteiger partial charge in [-0.2, -0.15) is 11.8 Å². The first kappa shape index (κ1) is 27.9. The number of likely N-dealkylation sites (N-methyl/N-ethyl adjacent to an activating group) is 1. The van der Waals surface area contributed by atoms with E-state index >= 15 is 0 Å². The average Bonchev–Trinajstić information content (AvgIpc) is 2.91. The molecule has 1 N–H and O–H groups in total. The number of piperazine rings is 1. The van der Waals surface area contributed by atoms with Crippen LogP contribution in [0.15, 0.2) is 54.6 Å². The molecule has 0 saturated carbocycles. The SMILES string of the molecule is CCCC[C@H]1C(=O)N(CCSCc2ccccc2)C[C@H]2N1C(=O)CN(C)N2C(=O)NCc1ccc(F)cc1. The molecule has 4 amide bonds. The van der Waals surface area contributed by atoms with Crippen molar-refractivity contribution in [1.82, 2.24) is 25.1 Å². The second-order valence-electron chi connectivity index (χ2n) is 9.71. The molecule has 0 aromatic heterocycles. The van der Waals surface area contributed by atoms with Crippen LogP contribution < -0.4 is 5.32 Å². The summed E-state index contributed by atoms with van der Waals surface area (Å²) in [6.07, 6.45) is 1.70. The van der Waals surface area contributed by atoms with Gasteiger partial charge in [0.05, 0.1) is 13.1 Å². The molecular formula is C28H36FN5O3S. The van der Waals surface area contributed by atoms with Gasteiger partial charge in [0.15, 0.2) is 0 Å². The fourth-order valence-electron chi connectivity index (χ4n) is 4.98. The molecule has 204 valence electrons. The summed E-state index contributed by atoms with van der Waals surface area (Å²) < 4.78 is 13.3. The van der Waals surface area contributed by atoms with Crippen molar-refractivity contribution < 1.29 is 18.8 Å². The van der Waals surface area contributed by atoms with Crippen molar-refractivity contribution in [2.24, 2.45) is 0 Å². The largest absolute Gasteiger partial charge is 0.336 e. The number of halogens is 1. The summed E-state index contributed by atoms with van der Waals surface area (Å²) in [4.78, 5) is 43.6. The van der Waals surface area contributed by atoms with Crippen LogP contribution in [0, 0.1) is 5.82 Å². The lowest BCUT2D eigenvalue weighted by Gasteiger charge is -2.54. The van der Waals surface area contributed by atoms with Gasteiger partial charge in [-0.1, -0.05) is 62.2 Å². The molecule has 2 aliphatic rings. The summed E-state index contributed by atoms with van der Waals surface area (Å²) in [5.41, 5.74) is 2.00. The molecule has 2 heterocycles. The van der Waals surface area contributed by atoms with Crippen LogP contribution in [0.2, 0.25) is 0 Å². The number of carbonyl (C=O) groups is 3. The van der Waals surface area contributed by atoms with Crippen molar-refractivity contribution in [3.8, 4) is 0 Å². The molecule has 10 heteroatoms. The number of nitrogens with one attached hydrogen (secondary N) is 1. The Balaban J connectivity index is 1.47. The Kier molecular flexibility index (Phi) is 9.63. The Morgan fingerprint density at radius 3 is 2.53 bits per heavy atom. The van der Waals surface area contributed by atoms with E-state index in [0.717, 1.165) is 29.9 Å². The minimum Gasteiger partial charge on any atom is -0.336 e. The summed E-state index contributed by atoms with van der Waals surface area (Å²) in [5.74, 6) is 1.09. The summed E-state index contributed by atoms with van der Waals surface area (Å²) in [6.45, 7) is 3.11. The maximum atomic E-state index is 13.6. The number of unbranched alkanes of at least 4 members (excludes halogenated alkanes) is 1. The number of carbonyl (C=O) groups excluding carboxylic acids is 3. The van der Waals surface area contributed by atoms with Gasteiger partial charge in [0, 0.05) is 31.6 Å². The van der Waals surface area contributed by atoms with Crippen LogP contribution in [0.1, 0.15) is 37.3 Å². The van der Waals surface area contributed by atoms with E-state index in [4.69, 9.17) is 0 Å². The van der Waals surface area contributed by atoms with Crippen LogP contribution in [0.5, 0.6) is 0 Å². The van der Waals surface area contributed by atoms with Gasteiger partial charge < -0.3 is 15.1 Å².